The van der Waals surface area contributed by atoms with Crippen LogP contribution in [0, 0.1) is 0 Å². The molecular weight excluding hydrogens is 238 g/mol. The highest BCUT2D eigenvalue weighted by molar-refractivity contribution is 5.84. The third-order valence-corrected chi connectivity index (χ3v) is 4.00. The Bertz CT molecular complexity index is 454. The van der Waals surface area contributed by atoms with Gasteiger partial charge in [0.25, 0.3) is 0 Å². The molecule has 0 radical (unpaired) electrons. The van der Waals surface area contributed by atoms with Crippen LogP contribution in [-0.4, -0.2) is 31.6 Å². The Kier molecular flexibility index (Phi) is 3.58. The molecule has 0 aromatic heterocycles. The number of hydrogen-bond donors (Lipinski definition) is 2. The molecule has 2 N–H and O–H groups in total. The van der Waals surface area contributed by atoms with Crippen molar-refractivity contribution in [1.82, 2.24) is 5.32 Å². The van der Waals surface area contributed by atoms with Gasteiger partial charge in [-0.3, -0.25) is 4.79 Å². The standard InChI is InChI=1S/C15H21N3O/c19-15(17-12-5-1-2-6-12)11-18-10-9-16-13-7-3-4-8-14(13)18/h3-4,7-8,12,16H,1-2,5-6,9-11H2,(H,17,19). The summed E-state index contributed by atoms with van der Waals surface area (Å²) in [7, 11) is 0. The van der Waals surface area contributed by atoms with Crippen LogP contribution in [0.25, 0.3) is 0 Å². The molecule has 3 rings (SSSR count). The van der Waals surface area contributed by atoms with Gasteiger partial charge in [-0.05, 0) is 25.0 Å². The molecule has 1 aliphatic carbocycles. The zero-order chi connectivity index (χ0) is 13.1. The van der Waals surface area contributed by atoms with E-state index in [0.29, 0.717) is 12.6 Å². The van der Waals surface area contributed by atoms with E-state index in [2.05, 4.69) is 27.7 Å². The normalized spacial score (nSPS) is 18.8. The van der Waals surface area contributed by atoms with Gasteiger partial charge in [0.1, 0.15) is 0 Å². The van der Waals surface area contributed by atoms with E-state index in [1.807, 2.05) is 12.1 Å². The Hall–Kier alpha value is -1.71. The zero-order valence-electron chi connectivity index (χ0n) is 11.2. The van der Waals surface area contributed by atoms with Crippen LogP contribution in [0.3, 0.4) is 0 Å². The second kappa shape index (κ2) is 5.51. The van der Waals surface area contributed by atoms with E-state index < -0.39 is 0 Å². The lowest BCUT2D eigenvalue weighted by molar-refractivity contribution is -0.120. The fourth-order valence-corrected chi connectivity index (χ4v) is 3.03. The lowest BCUT2D eigenvalue weighted by Crippen LogP contribution is -2.44. The van der Waals surface area contributed by atoms with Gasteiger partial charge in [0, 0.05) is 19.1 Å². The summed E-state index contributed by atoms with van der Waals surface area (Å²) >= 11 is 0. The van der Waals surface area contributed by atoms with Crippen LogP contribution in [0.4, 0.5) is 11.4 Å². The van der Waals surface area contributed by atoms with Crippen LogP contribution in [0.1, 0.15) is 25.7 Å². The van der Waals surface area contributed by atoms with Gasteiger partial charge in [-0.15, -0.1) is 0 Å². The summed E-state index contributed by atoms with van der Waals surface area (Å²) < 4.78 is 0. The van der Waals surface area contributed by atoms with Gasteiger partial charge in [0.2, 0.25) is 5.91 Å². The largest absolute Gasteiger partial charge is 0.382 e. The number of carbonyl (C=O) groups excluding carboxylic acids is 1. The van der Waals surface area contributed by atoms with Gasteiger partial charge in [-0.2, -0.15) is 0 Å². The van der Waals surface area contributed by atoms with E-state index in [4.69, 9.17) is 0 Å². The first-order valence-corrected chi connectivity index (χ1v) is 7.20. The van der Waals surface area contributed by atoms with Crippen molar-refractivity contribution in [3.63, 3.8) is 0 Å². The van der Waals surface area contributed by atoms with Crippen molar-refractivity contribution in [2.75, 3.05) is 29.9 Å². The molecule has 0 unspecified atom stereocenters. The van der Waals surface area contributed by atoms with Gasteiger partial charge < -0.3 is 15.5 Å². The molecule has 19 heavy (non-hydrogen) atoms. The first-order valence-electron chi connectivity index (χ1n) is 7.20. The highest BCUT2D eigenvalue weighted by Gasteiger charge is 2.21. The van der Waals surface area contributed by atoms with E-state index in [-0.39, 0.29) is 5.91 Å². The van der Waals surface area contributed by atoms with Crippen LogP contribution in [-0.2, 0) is 4.79 Å². The summed E-state index contributed by atoms with van der Waals surface area (Å²) in [4.78, 5) is 14.3. The average Bonchev–Trinajstić information content (AvgIpc) is 2.92. The summed E-state index contributed by atoms with van der Waals surface area (Å²) in [5.41, 5.74) is 2.26. The highest BCUT2D eigenvalue weighted by atomic mass is 16.2. The molecule has 0 saturated heterocycles. The van der Waals surface area contributed by atoms with Crippen LogP contribution in [0.2, 0.25) is 0 Å². The Morgan fingerprint density at radius 3 is 2.95 bits per heavy atom. The molecule has 4 heteroatoms. The number of anilines is 2. The first-order chi connectivity index (χ1) is 9.33. The number of amides is 1. The molecule has 1 aliphatic heterocycles. The van der Waals surface area contributed by atoms with Gasteiger partial charge >= 0.3 is 0 Å². The minimum absolute atomic E-state index is 0.156. The van der Waals surface area contributed by atoms with Crippen molar-refractivity contribution in [3.8, 4) is 0 Å². The maximum atomic E-state index is 12.1. The smallest absolute Gasteiger partial charge is 0.239 e. The topological polar surface area (TPSA) is 44.4 Å². The number of benzene rings is 1. The number of fused-ring (bicyclic) bond motifs is 1. The molecule has 2 aliphatic rings. The molecule has 1 saturated carbocycles. The van der Waals surface area contributed by atoms with E-state index in [1.165, 1.54) is 12.8 Å². The summed E-state index contributed by atoms with van der Waals surface area (Å²) in [5.74, 6) is 0.156. The SMILES string of the molecule is O=C(CN1CCNc2ccccc21)NC1CCCC1. The number of para-hydroxylation sites is 2. The van der Waals surface area contributed by atoms with E-state index >= 15 is 0 Å². The van der Waals surface area contributed by atoms with Crippen molar-refractivity contribution in [2.24, 2.45) is 0 Å². The Balaban J connectivity index is 1.62. The molecule has 1 aromatic carbocycles. The van der Waals surface area contributed by atoms with Crippen molar-refractivity contribution < 1.29 is 4.79 Å². The molecule has 1 aromatic rings. The summed E-state index contributed by atoms with van der Waals surface area (Å²) in [6, 6.07) is 8.59. The number of hydrogen-bond acceptors (Lipinski definition) is 3. The molecule has 0 bridgehead atoms. The van der Waals surface area contributed by atoms with Crippen molar-refractivity contribution in [3.05, 3.63) is 24.3 Å². The van der Waals surface area contributed by atoms with Gasteiger partial charge in [0.05, 0.1) is 17.9 Å². The fourth-order valence-electron chi connectivity index (χ4n) is 3.03. The van der Waals surface area contributed by atoms with Gasteiger partial charge in [0.15, 0.2) is 0 Å². The van der Waals surface area contributed by atoms with Crippen LogP contribution in [0.15, 0.2) is 24.3 Å². The molecule has 0 spiro atoms. The molecule has 0 atom stereocenters. The van der Waals surface area contributed by atoms with Crippen molar-refractivity contribution in [2.45, 2.75) is 31.7 Å². The first kappa shape index (κ1) is 12.3. The second-order valence-electron chi connectivity index (χ2n) is 5.41. The Labute approximate surface area is 114 Å². The molecule has 1 heterocycles. The van der Waals surface area contributed by atoms with Crippen molar-refractivity contribution in [1.29, 1.82) is 0 Å². The fraction of sp³-hybridized carbons (Fsp3) is 0.533. The minimum atomic E-state index is 0.156. The molecule has 1 fully saturated rings. The van der Waals surface area contributed by atoms with Crippen LogP contribution in [0.5, 0.6) is 0 Å². The summed E-state index contributed by atoms with van der Waals surface area (Å²) in [6.45, 7) is 2.25. The van der Waals surface area contributed by atoms with E-state index in [9.17, 15) is 4.79 Å². The van der Waals surface area contributed by atoms with Gasteiger partial charge in [-0.1, -0.05) is 25.0 Å². The van der Waals surface area contributed by atoms with Crippen LogP contribution < -0.4 is 15.5 Å². The van der Waals surface area contributed by atoms with E-state index in [1.54, 1.807) is 0 Å². The predicted octanol–water partition coefficient (Wildman–Crippen LogP) is 1.98. The second-order valence-corrected chi connectivity index (χ2v) is 5.41. The Morgan fingerprint density at radius 1 is 1.32 bits per heavy atom. The molecule has 102 valence electrons. The lowest BCUT2D eigenvalue weighted by Gasteiger charge is -2.31. The maximum absolute atomic E-state index is 12.1. The highest BCUT2D eigenvalue weighted by Crippen LogP contribution is 2.28. The number of rotatable bonds is 3. The molecular formula is C15H21N3O. The Morgan fingerprint density at radius 2 is 2.11 bits per heavy atom. The summed E-state index contributed by atoms with van der Waals surface area (Å²) in [6.07, 6.45) is 4.79. The summed E-state index contributed by atoms with van der Waals surface area (Å²) in [5, 5.41) is 6.52. The third kappa shape index (κ3) is 2.83. The zero-order valence-corrected chi connectivity index (χ0v) is 11.2. The monoisotopic (exact) mass is 259 g/mol. The van der Waals surface area contributed by atoms with Crippen molar-refractivity contribution >= 4 is 17.3 Å². The number of nitrogens with zero attached hydrogens (tertiary/aromatic N) is 1. The molecule has 1 amide bonds. The third-order valence-electron chi connectivity index (χ3n) is 4.00. The number of nitrogens with one attached hydrogen (secondary N) is 2. The van der Waals surface area contributed by atoms with Gasteiger partial charge in [-0.25, -0.2) is 0 Å². The molecule has 4 nitrogen and oxygen atoms in total. The predicted molar refractivity (Wildman–Crippen MR) is 77.5 cm³/mol. The maximum Gasteiger partial charge on any atom is 0.239 e. The average molecular weight is 259 g/mol. The minimum Gasteiger partial charge on any atom is -0.382 e. The number of carbonyl (C=O) groups is 1. The van der Waals surface area contributed by atoms with Crippen LogP contribution >= 0.6 is 0 Å². The van der Waals surface area contributed by atoms with E-state index in [0.717, 1.165) is 37.3 Å². The quantitative estimate of drug-likeness (QED) is 0.872. The lowest BCUT2D eigenvalue weighted by atomic mass is 10.2.